The quantitative estimate of drug-likeness (QED) is 0.530. The lowest BCUT2D eigenvalue weighted by Gasteiger charge is -2.23. The Kier molecular flexibility index (Phi) is 7.72. The number of halogens is 3. The Bertz CT molecular complexity index is 1160. The Balaban J connectivity index is 1.91. The van der Waals surface area contributed by atoms with Crippen molar-refractivity contribution in [2.75, 3.05) is 32.1 Å². The molecular formula is C24H25F3N4O3. The fraction of sp³-hybridized carbons (Fsp3) is 0.292. The largest absolute Gasteiger partial charge is 0.434 e. The van der Waals surface area contributed by atoms with Gasteiger partial charge in [0.25, 0.3) is 5.91 Å². The monoisotopic (exact) mass is 474 g/mol. The van der Waals surface area contributed by atoms with E-state index in [0.717, 1.165) is 22.2 Å². The zero-order valence-corrected chi connectivity index (χ0v) is 19.0. The second-order valence-electron chi connectivity index (χ2n) is 7.67. The van der Waals surface area contributed by atoms with Crippen LogP contribution in [-0.2, 0) is 15.7 Å². The van der Waals surface area contributed by atoms with Crippen molar-refractivity contribution in [1.29, 1.82) is 0 Å². The number of alkyl halides is 3. The van der Waals surface area contributed by atoms with Crippen molar-refractivity contribution in [3.8, 4) is 5.69 Å². The molecule has 0 radical (unpaired) electrons. The van der Waals surface area contributed by atoms with Gasteiger partial charge in [0.15, 0.2) is 5.69 Å². The molecule has 7 nitrogen and oxygen atoms in total. The zero-order valence-electron chi connectivity index (χ0n) is 19.0. The van der Waals surface area contributed by atoms with E-state index in [1.54, 1.807) is 30.3 Å². The van der Waals surface area contributed by atoms with Gasteiger partial charge in [-0.05, 0) is 43.2 Å². The number of benzene rings is 2. The molecule has 3 rings (SSSR count). The number of anilines is 1. The number of nitrogens with zero attached hydrogens (tertiary/aromatic N) is 3. The number of methoxy groups -OCH3 is 1. The molecular weight excluding hydrogens is 449 g/mol. The van der Waals surface area contributed by atoms with Crippen molar-refractivity contribution >= 4 is 17.5 Å². The number of carbonyl (C=O) groups excluding carboxylic acids is 2. The molecule has 1 N–H and O–H groups in total. The van der Waals surface area contributed by atoms with Crippen LogP contribution in [-0.4, -0.2) is 53.3 Å². The summed E-state index contributed by atoms with van der Waals surface area (Å²) in [5.41, 5.74) is 0.692. The number of hydrogen-bond acceptors (Lipinski definition) is 4. The van der Waals surface area contributed by atoms with E-state index < -0.39 is 35.8 Å². The van der Waals surface area contributed by atoms with Crippen LogP contribution in [0.25, 0.3) is 5.69 Å². The van der Waals surface area contributed by atoms with Gasteiger partial charge in [0.2, 0.25) is 5.91 Å². The van der Waals surface area contributed by atoms with Crippen LogP contribution < -0.4 is 5.32 Å². The standard InChI is InChI=1S/C24H25F3N4O3/c1-16-8-7-11-20(17(16)2)29-21(32)15-30(12-13-34-3)23(33)19-14-28-31(22(19)24(25,26)27)18-9-5-4-6-10-18/h4-11,14H,12-13,15H2,1-3H3,(H,29,32). The number of hydrogen-bond donors (Lipinski definition) is 1. The molecule has 2 amide bonds. The summed E-state index contributed by atoms with van der Waals surface area (Å²) in [5.74, 6) is -1.51. The van der Waals surface area contributed by atoms with Gasteiger partial charge in [-0.2, -0.15) is 18.3 Å². The summed E-state index contributed by atoms with van der Waals surface area (Å²) in [6.07, 6.45) is -3.98. The third kappa shape index (κ3) is 5.63. The van der Waals surface area contributed by atoms with Gasteiger partial charge in [-0.25, -0.2) is 4.68 Å². The first-order chi connectivity index (χ1) is 16.1. The Hall–Kier alpha value is -3.66. The number of rotatable bonds is 8. The van der Waals surface area contributed by atoms with E-state index in [-0.39, 0.29) is 18.8 Å². The van der Waals surface area contributed by atoms with Gasteiger partial charge in [-0.3, -0.25) is 9.59 Å². The van der Waals surface area contributed by atoms with Crippen LogP contribution >= 0.6 is 0 Å². The summed E-state index contributed by atoms with van der Waals surface area (Å²) >= 11 is 0. The van der Waals surface area contributed by atoms with E-state index in [9.17, 15) is 22.8 Å². The number of carbonyl (C=O) groups is 2. The topological polar surface area (TPSA) is 76.5 Å². The van der Waals surface area contributed by atoms with Crippen LogP contribution in [0.2, 0.25) is 0 Å². The molecule has 0 aliphatic heterocycles. The molecule has 0 unspecified atom stereocenters. The third-order valence-corrected chi connectivity index (χ3v) is 5.33. The van der Waals surface area contributed by atoms with Crippen molar-refractivity contribution in [2.45, 2.75) is 20.0 Å². The minimum atomic E-state index is -4.86. The summed E-state index contributed by atoms with van der Waals surface area (Å²) in [5, 5.41) is 6.55. The van der Waals surface area contributed by atoms with Crippen molar-refractivity contribution < 1.29 is 27.5 Å². The van der Waals surface area contributed by atoms with Crippen molar-refractivity contribution in [1.82, 2.24) is 14.7 Å². The predicted molar refractivity (Wildman–Crippen MR) is 121 cm³/mol. The maximum absolute atomic E-state index is 14.0. The summed E-state index contributed by atoms with van der Waals surface area (Å²) in [4.78, 5) is 26.9. The predicted octanol–water partition coefficient (Wildman–Crippen LogP) is 4.24. The fourth-order valence-corrected chi connectivity index (χ4v) is 3.42. The SMILES string of the molecule is COCCN(CC(=O)Nc1cccc(C)c1C)C(=O)c1cnn(-c2ccccc2)c1C(F)(F)F. The molecule has 0 fully saturated rings. The second kappa shape index (κ2) is 10.5. The van der Waals surface area contributed by atoms with Gasteiger partial charge in [0, 0.05) is 19.3 Å². The van der Waals surface area contributed by atoms with Crippen LogP contribution in [0.15, 0.2) is 54.7 Å². The molecule has 1 aromatic heterocycles. The molecule has 2 aromatic carbocycles. The highest BCUT2D eigenvalue weighted by atomic mass is 19.4. The third-order valence-electron chi connectivity index (χ3n) is 5.33. The Morgan fingerprint density at radius 2 is 1.79 bits per heavy atom. The minimum absolute atomic E-state index is 0.0384. The van der Waals surface area contributed by atoms with Crippen molar-refractivity contribution in [2.24, 2.45) is 0 Å². The van der Waals surface area contributed by atoms with Crippen LogP contribution in [0.1, 0.15) is 27.2 Å². The lowest BCUT2D eigenvalue weighted by molar-refractivity contribution is -0.143. The maximum atomic E-state index is 14.0. The maximum Gasteiger partial charge on any atom is 0.434 e. The highest BCUT2D eigenvalue weighted by Crippen LogP contribution is 2.34. The smallest absolute Gasteiger partial charge is 0.383 e. The molecule has 10 heteroatoms. The van der Waals surface area contributed by atoms with Crippen LogP contribution in [0.3, 0.4) is 0 Å². The van der Waals surface area contributed by atoms with Gasteiger partial charge in [-0.15, -0.1) is 0 Å². The molecule has 1 heterocycles. The molecule has 0 atom stereocenters. The van der Waals surface area contributed by atoms with E-state index in [1.807, 2.05) is 19.9 Å². The van der Waals surface area contributed by atoms with Gasteiger partial charge < -0.3 is 15.0 Å². The fourth-order valence-electron chi connectivity index (χ4n) is 3.42. The highest BCUT2D eigenvalue weighted by molar-refractivity contribution is 6.00. The lowest BCUT2D eigenvalue weighted by atomic mass is 10.1. The number of aromatic nitrogens is 2. The Morgan fingerprint density at radius 1 is 1.09 bits per heavy atom. The summed E-state index contributed by atoms with van der Waals surface area (Å²) in [6.45, 7) is 3.23. The van der Waals surface area contributed by atoms with Crippen molar-refractivity contribution in [3.63, 3.8) is 0 Å². The molecule has 34 heavy (non-hydrogen) atoms. The van der Waals surface area contributed by atoms with E-state index in [4.69, 9.17) is 4.74 Å². The molecule has 0 bridgehead atoms. The highest BCUT2D eigenvalue weighted by Gasteiger charge is 2.41. The zero-order chi connectivity index (χ0) is 24.9. The first-order valence-corrected chi connectivity index (χ1v) is 10.5. The molecule has 0 spiro atoms. The summed E-state index contributed by atoms with van der Waals surface area (Å²) < 4.78 is 47.7. The Morgan fingerprint density at radius 3 is 2.44 bits per heavy atom. The molecule has 0 saturated heterocycles. The molecule has 0 saturated carbocycles. The van der Waals surface area contributed by atoms with Crippen molar-refractivity contribution in [3.05, 3.63) is 77.1 Å². The van der Waals surface area contributed by atoms with Gasteiger partial charge in [-0.1, -0.05) is 30.3 Å². The number of aryl methyl sites for hydroxylation is 1. The second-order valence-corrected chi connectivity index (χ2v) is 7.67. The first kappa shape index (κ1) is 25.0. The molecule has 3 aromatic rings. The number of para-hydroxylation sites is 1. The van der Waals surface area contributed by atoms with Crippen LogP contribution in [0.5, 0.6) is 0 Å². The van der Waals surface area contributed by atoms with Gasteiger partial charge in [0.05, 0.1) is 24.1 Å². The number of ether oxygens (including phenoxy) is 1. The average Bonchev–Trinajstić information content (AvgIpc) is 3.26. The summed E-state index contributed by atoms with van der Waals surface area (Å²) in [7, 11) is 1.40. The molecule has 0 aliphatic carbocycles. The molecule has 0 aliphatic rings. The molecule has 180 valence electrons. The number of amides is 2. The van der Waals surface area contributed by atoms with Gasteiger partial charge in [0.1, 0.15) is 6.54 Å². The minimum Gasteiger partial charge on any atom is -0.383 e. The van der Waals surface area contributed by atoms with E-state index >= 15 is 0 Å². The average molecular weight is 474 g/mol. The van der Waals surface area contributed by atoms with Crippen LogP contribution in [0.4, 0.5) is 18.9 Å². The number of nitrogens with one attached hydrogen (secondary N) is 1. The first-order valence-electron chi connectivity index (χ1n) is 10.5. The lowest BCUT2D eigenvalue weighted by Crippen LogP contribution is -2.40. The summed E-state index contributed by atoms with van der Waals surface area (Å²) in [6, 6.07) is 13.1. The normalized spacial score (nSPS) is 11.4. The van der Waals surface area contributed by atoms with Gasteiger partial charge >= 0.3 is 6.18 Å². The van der Waals surface area contributed by atoms with E-state index in [2.05, 4.69) is 10.4 Å². The van der Waals surface area contributed by atoms with Crippen LogP contribution in [0, 0.1) is 13.8 Å². The van der Waals surface area contributed by atoms with E-state index in [1.165, 1.54) is 19.2 Å². The Labute approximate surface area is 195 Å². The van der Waals surface area contributed by atoms with E-state index in [0.29, 0.717) is 10.4 Å².